The summed E-state index contributed by atoms with van der Waals surface area (Å²) in [6, 6.07) is 5.58. The summed E-state index contributed by atoms with van der Waals surface area (Å²) in [5.41, 5.74) is 1.31. The second-order valence-corrected chi connectivity index (χ2v) is 6.13. The lowest BCUT2D eigenvalue weighted by Gasteiger charge is -2.22. The molecule has 0 spiro atoms. The Balaban J connectivity index is 2.19. The van der Waals surface area contributed by atoms with Crippen molar-refractivity contribution in [2.45, 2.75) is 43.4 Å². The summed E-state index contributed by atoms with van der Waals surface area (Å²) in [4.78, 5) is 24.7. The van der Waals surface area contributed by atoms with E-state index in [1.807, 2.05) is 26.8 Å². The molecule has 1 heterocycles. The van der Waals surface area contributed by atoms with Gasteiger partial charge in [0.2, 0.25) is 5.91 Å². The Bertz CT molecular complexity index is 516. The fourth-order valence-electron chi connectivity index (χ4n) is 1.76. The maximum Gasteiger partial charge on any atom is 0.251 e. The largest absolute Gasteiger partial charge is 0.350 e. The van der Waals surface area contributed by atoms with Crippen molar-refractivity contribution in [2.24, 2.45) is 0 Å². The lowest BCUT2D eigenvalue weighted by molar-refractivity contribution is -0.115. The number of amides is 2. The van der Waals surface area contributed by atoms with Gasteiger partial charge in [-0.3, -0.25) is 9.59 Å². The maximum atomic E-state index is 12.0. The average Bonchev–Trinajstić information content (AvgIpc) is 2.39. The first-order chi connectivity index (χ1) is 9.01. The standard InChI is InChI=1S/C14H18N2O2S/c1-4-8(2)15-14(18)10-5-6-12-11(7-10)16-13(17)9(3)19-12/h5-9H,4H2,1-3H3,(H,15,18)(H,16,17)/t8-,9+/m1/s1. The van der Waals surface area contributed by atoms with Gasteiger partial charge in [0.05, 0.1) is 10.9 Å². The lowest BCUT2D eigenvalue weighted by Crippen LogP contribution is -2.32. The van der Waals surface area contributed by atoms with Crippen LogP contribution < -0.4 is 10.6 Å². The number of fused-ring (bicyclic) bond motifs is 1. The second-order valence-electron chi connectivity index (χ2n) is 4.74. The number of hydrogen-bond donors (Lipinski definition) is 2. The monoisotopic (exact) mass is 278 g/mol. The molecule has 0 aliphatic carbocycles. The summed E-state index contributed by atoms with van der Waals surface area (Å²) in [6.45, 7) is 5.86. The van der Waals surface area contributed by atoms with E-state index in [0.29, 0.717) is 5.56 Å². The van der Waals surface area contributed by atoms with E-state index in [9.17, 15) is 9.59 Å². The van der Waals surface area contributed by atoms with Crippen LogP contribution in [0.3, 0.4) is 0 Å². The molecule has 2 atom stereocenters. The molecule has 1 aromatic carbocycles. The molecule has 2 N–H and O–H groups in total. The Labute approximate surface area is 117 Å². The Morgan fingerprint density at radius 2 is 2.26 bits per heavy atom. The zero-order valence-electron chi connectivity index (χ0n) is 11.3. The van der Waals surface area contributed by atoms with Gasteiger partial charge in [-0.25, -0.2) is 0 Å². The predicted octanol–water partition coefficient (Wildman–Crippen LogP) is 2.65. The molecule has 0 radical (unpaired) electrons. The number of rotatable bonds is 3. The molecule has 4 nitrogen and oxygen atoms in total. The fraction of sp³-hybridized carbons (Fsp3) is 0.429. The molecule has 0 aromatic heterocycles. The molecule has 1 aliphatic rings. The van der Waals surface area contributed by atoms with Crippen LogP contribution in [-0.4, -0.2) is 23.1 Å². The van der Waals surface area contributed by atoms with Crippen LogP contribution in [0.1, 0.15) is 37.6 Å². The molecule has 0 fully saturated rings. The molecular formula is C14H18N2O2S. The first-order valence-corrected chi connectivity index (χ1v) is 7.31. The normalized spacial score (nSPS) is 19.3. The zero-order chi connectivity index (χ0) is 14.0. The smallest absolute Gasteiger partial charge is 0.251 e. The van der Waals surface area contributed by atoms with E-state index < -0.39 is 0 Å². The van der Waals surface area contributed by atoms with Crippen molar-refractivity contribution in [1.29, 1.82) is 0 Å². The van der Waals surface area contributed by atoms with Crippen LogP contribution in [0.15, 0.2) is 23.1 Å². The highest BCUT2D eigenvalue weighted by molar-refractivity contribution is 8.00. The molecule has 2 rings (SSSR count). The molecular weight excluding hydrogens is 260 g/mol. The molecule has 102 valence electrons. The summed E-state index contributed by atoms with van der Waals surface area (Å²) in [5.74, 6) is -0.119. The molecule has 1 aliphatic heterocycles. The predicted molar refractivity (Wildman–Crippen MR) is 77.6 cm³/mol. The highest BCUT2D eigenvalue weighted by Gasteiger charge is 2.23. The van der Waals surface area contributed by atoms with Gasteiger partial charge in [0.25, 0.3) is 5.91 Å². The van der Waals surface area contributed by atoms with Gasteiger partial charge < -0.3 is 10.6 Å². The third kappa shape index (κ3) is 3.10. The summed E-state index contributed by atoms with van der Waals surface area (Å²) in [5, 5.41) is 5.66. The first kappa shape index (κ1) is 13.9. The highest BCUT2D eigenvalue weighted by atomic mass is 32.2. The first-order valence-electron chi connectivity index (χ1n) is 6.43. The van der Waals surface area contributed by atoms with E-state index in [-0.39, 0.29) is 23.1 Å². The minimum atomic E-state index is -0.102. The molecule has 0 saturated carbocycles. The van der Waals surface area contributed by atoms with E-state index in [0.717, 1.165) is 17.0 Å². The molecule has 0 bridgehead atoms. The molecule has 1 aromatic rings. The Hall–Kier alpha value is -1.49. The summed E-state index contributed by atoms with van der Waals surface area (Å²) in [7, 11) is 0. The topological polar surface area (TPSA) is 58.2 Å². The van der Waals surface area contributed by atoms with Gasteiger partial charge in [0, 0.05) is 16.5 Å². The lowest BCUT2D eigenvalue weighted by atomic mass is 10.1. The Kier molecular flexibility index (Phi) is 4.14. The van der Waals surface area contributed by atoms with Crippen molar-refractivity contribution in [2.75, 3.05) is 5.32 Å². The van der Waals surface area contributed by atoms with Gasteiger partial charge in [0.1, 0.15) is 0 Å². The zero-order valence-corrected chi connectivity index (χ0v) is 12.1. The van der Waals surface area contributed by atoms with Crippen molar-refractivity contribution in [3.63, 3.8) is 0 Å². The van der Waals surface area contributed by atoms with Crippen LogP contribution in [0.25, 0.3) is 0 Å². The fourth-order valence-corrected chi connectivity index (χ4v) is 2.69. The highest BCUT2D eigenvalue weighted by Crippen LogP contribution is 2.35. The van der Waals surface area contributed by atoms with Crippen LogP contribution in [0.4, 0.5) is 5.69 Å². The number of hydrogen-bond acceptors (Lipinski definition) is 3. The van der Waals surface area contributed by atoms with Crippen molar-refractivity contribution < 1.29 is 9.59 Å². The molecule has 2 amide bonds. The summed E-state index contributed by atoms with van der Waals surface area (Å²) < 4.78 is 0. The van der Waals surface area contributed by atoms with Gasteiger partial charge >= 0.3 is 0 Å². The van der Waals surface area contributed by atoms with E-state index in [1.54, 1.807) is 12.1 Å². The van der Waals surface area contributed by atoms with Crippen molar-refractivity contribution in [1.82, 2.24) is 5.32 Å². The van der Waals surface area contributed by atoms with Crippen molar-refractivity contribution >= 4 is 29.3 Å². The minimum Gasteiger partial charge on any atom is -0.350 e. The SMILES string of the molecule is CC[C@@H](C)NC(=O)c1ccc2c(c1)NC(=O)[C@H](C)S2. The third-order valence-corrected chi connectivity index (χ3v) is 4.34. The molecule has 19 heavy (non-hydrogen) atoms. The van der Waals surface area contributed by atoms with E-state index >= 15 is 0 Å². The second kappa shape index (κ2) is 5.65. The van der Waals surface area contributed by atoms with Crippen molar-refractivity contribution in [3.05, 3.63) is 23.8 Å². The van der Waals surface area contributed by atoms with Crippen molar-refractivity contribution in [3.8, 4) is 0 Å². The number of carbonyl (C=O) groups is 2. The number of anilines is 1. The molecule has 0 unspecified atom stereocenters. The Morgan fingerprint density at radius 3 is 2.95 bits per heavy atom. The van der Waals surface area contributed by atoms with Crippen LogP contribution in [-0.2, 0) is 4.79 Å². The van der Waals surface area contributed by atoms with Gasteiger partial charge in [-0.05, 0) is 38.5 Å². The van der Waals surface area contributed by atoms with Gasteiger partial charge in [-0.1, -0.05) is 6.92 Å². The molecule has 5 heteroatoms. The van der Waals surface area contributed by atoms with E-state index in [1.165, 1.54) is 11.8 Å². The Morgan fingerprint density at radius 1 is 1.53 bits per heavy atom. The number of thioether (sulfide) groups is 1. The summed E-state index contributed by atoms with van der Waals surface area (Å²) >= 11 is 1.52. The van der Waals surface area contributed by atoms with E-state index in [4.69, 9.17) is 0 Å². The van der Waals surface area contributed by atoms with Gasteiger partial charge in [-0.15, -0.1) is 11.8 Å². The minimum absolute atomic E-state index is 0.0167. The number of nitrogens with one attached hydrogen (secondary N) is 2. The van der Waals surface area contributed by atoms with Crippen LogP contribution in [0.2, 0.25) is 0 Å². The quantitative estimate of drug-likeness (QED) is 0.893. The summed E-state index contributed by atoms with van der Waals surface area (Å²) in [6.07, 6.45) is 0.890. The number of benzene rings is 1. The van der Waals surface area contributed by atoms with Gasteiger partial charge in [0.15, 0.2) is 0 Å². The van der Waals surface area contributed by atoms with Gasteiger partial charge in [-0.2, -0.15) is 0 Å². The van der Waals surface area contributed by atoms with Crippen LogP contribution >= 0.6 is 11.8 Å². The third-order valence-electron chi connectivity index (χ3n) is 3.16. The van der Waals surface area contributed by atoms with Crippen LogP contribution in [0.5, 0.6) is 0 Å². The average molecular weight is 278 g/mol. The van der Waals surface area contributed by atoms with Crippen LogP contribution in [0, 0.1) is 0 Å². The van der Waals surface area contributed by atoms with E-state index in [2.05, 4.69) is 10.6 Å². The maximum absolute atomic E-state index is 12.0. The molecule has 0 saturated heterocycles. The number of carbonyl (C=O) groups excluding carboxylic acids is 2.